The van der Waals surface area contributed by atoms with Gasteiger partial charge in [0.1, 0.15) is 0 Å². The zero-order valence-corrected chi connectivity index (χ0v) is 11.8. The average Bonchev–Trinajstić information content (AvgIpc) is 2.41. The van der Waals surface area contributed by atoms with E-state index in [0.717, 1.165) is 16.6 Å². The number of aromatic nitrogens is 1. The van der Waals surface area contributed by atoms with Crippen molar-refractivity contribution in [3.05, 3.63) is 41.6 Å². The van der Waals surface area contributed by atoms with Gasteiger partial charge in [-0.05, 0) is 19.1 Å². The number of pyridine rings is 1. The first-order chi connectivity index (χ1) is 9.57. The molecule has 1 aromatic carbocycles. The number of amides is 1. The number of rotatable bonds is 3. The molecule has 1 aliphatic rings. The third-order valence-electron chi connectivity index (χ3n) is 3.67. The van der Waals surface area contributed by atoms with Crippen molar-refractivity contribution in [3.8, 4) is 0 Å². The number of benzene rings is 1. The van der Waals surface area contributed by atoms with Gasteiger partial charge in [-0.2, -0.15) is 0 Å². The second-order valence-corrected chi connectivity index (χ2v) is 5.81. The van der Waals surface area contributed by atoms with E-state index in [2.05, 4.69) is 17.2 Å². The van der Waals surface area contributed by atoms with Gasteiger partial charge in [0.25, 0.3) is 5.91 Å². The topological polar surface area (TPSA) is 51.2 Å². The first-order valence-electron chi connectivity index (χ1n) is 6.80. The fourth-order valence-electron chi connectivity index (χ4n) is 2.44. The van der Waals surface area contributed by atoms with E-state index in [1.165, 1.54) is 0 Å². The molecule has 0 saturated carbocycles. The summed E-state index contributed by atoms with van der Waals surface area (Å²) in [6, 6.07) is 9.57. The van der Waals surface area contributed by atoms with Crippen molar-refractivity contribution < 1.29 is 9.53 Å². The molecule has 1 N–H and O–H groups in total. The average molecular weight is 270 g/mol. The van der Waals surface area contributed by atoms with Gasteiger partial charge in [-0.25, -0.2) is 0 Å². The first kappa shape index (κ1) is 13.1. The molecule has 2 aromatic rings. The van der Waals surface area contributed by atoms with E-state index >= 15 is 0 Å². The standard InChI is InChI=1S/C16H18N2O2/c1-11-7-13(12-5-3-4-6-14(12)18-11)15(19)17-8-16(2)9-20-10-16/h3-7H,8-10H2,1-2H3,(H,17,19). The van der Waals surface area contributed by atoms with E-state index in [4.69, 9.17) is 4.74 Å². The number of hydrogen-bond donors (Lipinski definition) is 1. The lowest BCUT2D eigenvalue weighted by atomic mass is 9.88. The smallest absolute Gasteiger partial charge is 0.252 e. The molecule has 0 radical (unpaired) electrons. The van der Waals surface area contributed by atoms with Crippen molar-refractivity contribution in [3.63, 3.8) is 0 Å². The second-order valence-electron chi connectivity index (χ2n) is 5.81. The molecule has 104 valence electrons. The summed E-state index contributed by atoms with van der Waals surface area (Å²) in [5.74, 6) is -0.0418. The van der Waals surface area contributed by atoms with Crippen molar-refractivity contribution in [2.75, 3.05) is 19.8 Å². The van der Waals surface area contributed by atoms with Gasteiger partial charge in [0, 0.05) is 23.0 Å². The highest BCUT2D eigenvalue weighted by atomic mass is 16.5. The minimum absolute atomic E-state index is 0.0418. The van der Waals surface area contributed by atoms with E-state index in [9.17, 15) is 4.79 Å². The third-order valence-corrected chi connectivity index (χ3v) is 3.67. The van der Waals surface area contributed by atoms with Gasteiger partial charge < -0.3 is 10.1 Å². The molecular weight excluding hydrogens is 252 g/mol. The first-order valence-corrected chi connectivity index (χ1v) is 6.80. The lowest BCUT2D eigenvalue weighted by Gasteiger charge is -2.38. The number of fused-ring (bicyclic) bond motifs is 1. The maximum absolute atomic E-state index is 12.4. The van der Waals surface area contributed by atoms with Crippen LogP contribution >= 0.6 is 0 Å². The predicted molar refractivity (Wildman–Crippen MR) is 77.7 cm³/mol. The van der Waals surface area contributed by atoms with Gasteiger partial charge in [0.05, 0.1) is 24.3 Å². The van der Waals surface area contributed by atoms with E-state index in [1.807, 2.05) is 37.3 Å². The van der Waals surface area contributed by atoms with Crippen LogP contribution in [0.15, 0.2) is 30.3 Å². The maximum Gasteiger partial charge on any atom is 0.252 e. The molecule has 4 nitrogen and oxygen atoms in total. The van der Waals surface area contributed by atoms with E-state index in [1.54, 1.807) is 0 Å². The molecule has 1 amide bonds. The predicted octanol–water partition coefficient (Wildman–Crippen LogP) is 2.31. The number of carbonyl (C=O) groups excluding carboxylic acids is 1. The normalized spacial score (nSPS) is 16.7. The fraction of sp³-hybridized carbons (Fsp3) is 0.375. The Morgan fingerprint density at radius 3 is 2.85 bits per heavy atom. The fourth-order valence-corrected chi connectivity index (χ4v) is 2.44. The number of para-hydroxylation sites is 1. The molecule has 1 aliphatic heterocycles. The van der Waals surface area contributed by atoms with Crippen molar-refractivity contribution >= 4 is 16.8 Å². The largest absolute Gasteiger partial charge is 0.380 e. The van der Waals surface area contributed by atoms with E-state index < -0.39 is 0 Å². The van der Waals surface area contributed by atoms with Crippen LogP contribution in [0.3, 0.4) is 0 Å². The van der Waals surface area contributed by atoms with Crippen LogP contribution in [0.2, 0.25) is 0 Å². The quantitative estimate of drug-likeness (QED) is 0.931. The Labute approximate surface area is 118 Å². The summed E-state index contributed by atoms with van der Waals surface area (Å²) in [6.45, 7) is 6.09. The van der Waals surface area contributed by atoms with Crippen molar-refractivity contribution in [2.45, 2.75) is 13.8 Å². The lowest BCUT2D eigenvalue weighted by Crippen LogP contribution is -2.48. The Hall–Kier alpha value is -1.94. The van der Waals surface area contributed by atoms with Gasteiger partial charge in [0.15, 0.2) is 0 Å². The molecule has 1 aromatic heterocycles. The molecule has 0 aliphatic carbocycles. The van der Waals surface area contributed by atoms with Crippen LogP contribution in [0, 0.1) is 12.3 Å². The summed E-state index contributed by atoms with van der Waals surface area (Å²) in [6.07, 6.45) is 0. The van der Waals surface area contributed by atoms with E-state index in [0.29, 0.717) is 25.3 Å². The summed E-state index contributed by atoms with van der Waals surface area (Å²) < 4.78 is 5.20. The third kappa shape index (κ3) is 2.39. The number of ether oxygens (including phenoxy) is 1. The van der Waals surface area contributed by atoms with Gasteiger partial charge in [0.2, 0.25) is 0 Å². The minimum atomic E-state index is -0.0418. The summed E-state index contributed by atoms with van der Waals surface area (Å²) in [7, 11) is 0. The number of aryl methyl sites for hydroxylation is 1. The molecule has 0 bridgehead atoms. The Bertz CT molecular complexity index is 663. The zero-order valence-electron chi connectivity index (χ0n) is 11.8. The molecule has 1 saturated heterocycles. The van der Waals surface area contributed by atoms with Crippen LogP contribution in [-0.4, -0.2) is 30.6 Å². The molecule has 0 atom stereocenters. The van der Waals surface area contributed by atoms with Crippen LogP contribution in [0.4, 0.5) is 0 Å². The molecule has 4 heteroatoms. The summed E-state index contributed by atoms with van der Waals surface area (Å²) >= 11 is 0. The zero-order chi connectivity index (χ0) is 14.2. The molecule has 3 rings (SSSR count). The molecule has 2 heterocycles. The van der Waals surface area contributed by atoms with E-state index in [-0.39, 0.29) is 11.3 Å². The molecule has 0 unspecified atom stereocenters. The van der Waals surface area contributed by atoms with Crippen LogP contribution in [-0.2, 0) is 4.74 Å². The van der Waals surface area contributed by atoms with Gasteiger partial charge in [-0.15, -0.1) is 0 Å². The maximum atomic E-state index is 12.4. The van der Waals surface area contributed by atoms with Crippen LogP contribution in [0.25, 0.3) is 10.9 Å². The van der Waals surface area contributed by atoms with Gasteiger partial charge >= 0.3 is 0 Å². The highest BCUT2D eigenvalue weighted by molar-refractivity contribution is 6.06. The summed E-state index contributed by atoms with van der Waals surface area (Å²) in [5, 5.41) is 3.91. The Morgan fingerprint density at radius 1 is 1.40 bits per heavy atom. The van der Waals surface area contributed by atoms with Gasteiger partial charge in [-0.3, -0.25) is 9.78 Å². The number of hydrogen-bond acceptors (Lipinski definition) is 3. The van der Waals surface area contributed by atoms with Crippen LogP contribution < -0.4 is 5.32 Å². The molecule has 0 spiro atoms. The second kappa shape index (κ2) is 4.87. The lowest BCUT2D eigenvalue weighted by molar-refractivity contribution is -0.0978. The Kier molecular flexibility index (Phi) is 3.18. The number of nitrogens with zero attached hydrogens (tertiary/aromatic N) is 1. The van der Waals surface area contributed by atoms with Crippen molar-refractivity contribution in [1.82, 2.24) is 10.3 Å². The molecule has 1 fully saturated rings. The van der Waals surface area contributed by atoms with Crippen LogP contribution in [0.1, 0.15) is 23.0 Å². The van der Waals surface area contributed by atoms with Crippen molar-refractivity contribution in [2.24, 2.45) is 5.41 Å². The Morgan fingerprint density at radius 2 is 2.15 bits per heavy atom. The highest BCUT2D eigenvalue weighted by Crippen LogP contribution is 2.25. The molecule has 20 heavy (non-hydrogen) atoms. The molecular formula is C16H18N2O2. The van der Waals surface area contributed by atoms with Crippen molar-refractivity contribution in [1.29, 1.82) is 0 Å². The van der Waals surface area contributed by atoms with Gasteiger partial charge in [-0.1, -0.05) is 25.1 Å². The summed E-state index contributed by atoms with van der Waals surface area (Å²) in [5.41, 5.74) is 2.48. The SMILES string of the molecule is Cc1cc(C(=O)NCC2(C)COC2)c2ccccc2n1. The number of nitrogens with one attached hydrogen (secondary N) is 1. The monoisotopic (exact) mass is 270 g/mol. The number of carbonyl (C=O) groups is 1. The summed E-state index contributed by atoms with van der Waals surface area (Å²) in [4.78, 5) is 16.9. The minimum Gasteiger partial charge on any atom is -0.380 e. The highest BCUT2D eigenvalue weighted by Gasteiger charge is 2.33. The van der Waals surface area contributed by atoms with Crippen LogP contribution in [0.5, 0.6) is 0 Å². The Balaban J connectivity index is 1.87.